The monoisotopic (exact) mass is 193 g/mol. The molecule has 1 unspecified atom stereocenters. The molecule has 2 N–H and O–H groups in total. The number of anilines is 1. The smallest absolute Gasteiger partial charge is 0.142 e. The summed E-state index contributed by atoms with van der Waals surface area (Å²) in [6, 6.07) is 3.83. The SMILES string of the molecule is CCOc1cc2c(cc1N)OC(C)C2. The largest absolute Gasteiger partial charge is 0.492 e. The van der Waals surface area contributed by atoms with Gasteiger partial charge in [-0.05, 0) is 19.9 Å². The molecule has 0 spiro atoms. The van der Waals surface area contributed by atoms with Crippen molar-refractivity contribution in [3.8, 4) is 11.5 Å². The molecule has 0 amide bonds. The highest BCUT2D eigenvalue weighted by Gasteiger charge is 2.20. The van der Waals surface area contributed by atoms with Gasteiger partial charge >= 0.3 is 0 Å². The molecule has 1 aromatic carbocycles. The number of benzene rings is 1. The number of nitrogen functional groups attached to an aromatic ring is 1. The Labute approximate surface area is 83.8 Å². The van der Waals surface area contributed by atoms with Crippen LogP contribution in [-0.4, -0.2) is 12.7 Å². The molecule has 1 aliphatic heterocycles. The van der Waals surface area contributed by atoms with Crippen LogP contribution in [0.2, 0.25) is 0 Å². The van der Waals surface area contributed by atoms with E-state index in [9.17, 15) is 0 Å². The van der Waals surface area contributed by atoms with Gasteiger partial charge in [0, 0.05) is 18.1 Å². The van der Waals surface area contributed by atoms with E-state index in [0.29, 0.717) is 12.3 Å². The molecule has 0 saturated carbocycles. The number of nitrogens with two attached hydrogens (primary N) is 1. The maximum Gasteiger partial charge on any atom is 0.142 e. The van der Waals surface area contributed by atoms with Crippen molar-refractivity contribution >= 4 is 5.69 Å². The number of ether oxygens (including phenoxy) is 2. The fourth-order valence-corrected chi connectivity index (χ4v) is 1.74. The highest BCUT2D eigenvalue weighted by molar-refractivity contribution is 5.60. The summed E-state index contributed by atoms with van der Waals surface area (Å²) in [4.78, 5) is 0. The Morgan fingerprint density at radius 2 is 2.36 bits per heavy atom. The molecule has 1 atom stereocenters. The molecule has 3 nitrogen and oxygen atoms in total. The molecule has 0 bridgehead atoms. The Morgan fingerprint density at radius 3 is 3.07 bits per heavy atom. The average Bonchev–Trinajstić information content (AvgIpc) is 2.45. The van der Waals surface area contributed by atoms with Crippen molar-refractivity contribution in [1.29, 1.82) is 0 Å². The van der Waals surface area contributed by atoms with Gasteiger partial charge in [0.25, 0.3) is 0 Å². The maximum absolute atomic E-state index is 5.82. The molecule has 0 aliphatic carbocycles. The van der Waals surface area contributed by atoms with Crippen LogP contribution in [0, 0.1) is 0 Å². The molecule has 3 heteroatoms. The predicted octanol–water partition coefficient (Wildman–Crippen LogP) is 1.99. The summed E-state index contributed by atoms with van der Waals surface area (Å²) in [6.07, 6.45) is 1.19. The molecular weight excluding hydrogens is 178 g/mol. The number of fused-ring (bicyclic) bond motifs is 1. The van der Waals surface area contributed by atoms with Crippen LogP contribution >= 0.6 is 0 Å². The van der Waals surface area contributed by atoms with Crippen molar-refractivity contribution in [2.75, 3.05) is 12.3 Å². The fourth-order valence-electron chi connectivity index (χ4n) is 1.74. The van der Waals surface area contributed by atoms with Gasteiger partial charge in [-0.2, -0.15) is 0 Å². The third-order valence-electron chi connectivity index (χ3n) is 2.33. The minimum absolute atomic E-state index is 0.251. The quantitative estimate of drug-likeness (QED) is 0.730. The molecule has 0 aromatic heterocycles. The molecule has 0 radical (unpaired) electrons. The van der Waals surface area contributed by atoms with Gasteiger partial charge in [-0.15, -0.1) is 0 Å². The summed E-state index contributed by atoms with van der Waals surface area (Å²) >= 11 is 0. The highest BCUT2D eigenvalue weighted by atomic mass is 16.5. The number of hydrogen-bond donors (Lipinski definition) is 1. The van der Waals surface area contributed by atoms with Crippen LogP contribution in [0.4, 0.5) is 5.69 Å². The molecule has 1 aromatic rings. The molecule has 1 aliphatic rings. The maximum atomic E-state index is 5.82. The molecule has 2 rings (SSSR count). The third kappa shape index (κ3) is 1.50. The highest BCUT2D eigenvalue weighted by Crippen LogP contribution is 2.36. The van der Waals surface area contributed by atoms with Crippen molar-refractivity contribution in [2.24, 2.45) is 0 Å². The van der Waals surface area contributed by atoms with E-state index in [1.54, 1.807) is 0 Å². The summed E-state index contributed by atoms with van der Waals surface area (Å²) < 4.78 is 11.0. The first kappa shape index (κ1) is 9.19. The van der Waals surface area contributed by atoms with Crippen LogP contribution in [-0.2, 0) is 6.42 Å². The van der Waals surface area contributed by atoms with Crippen molar-refractivity contribution in [2.45, 2.75) is 26.4 Å². The van der Waals surface area contributed by atoms with Gasteiger partial charge in [-0.25, -0.2) is 0 Å². The summed E-state index contributed by atoms with van der Waals surface area (Å²) in [5, 5.41) is 0. The first-order valence-corrected chi connectivity index (χ1v) is 4.92. The summed E-state index contributed by atoms with van der Waals surface area (Å²) in [6.45, 7) is 4.64. The molecule has 14 heavy (non-hydrogen) atoms. The van der Waals surface area contributed by atoms with Gasteiger partial charge in [-0.3, -0.25) is 0 Å². The molecule has 76 valence electrons. The van der Waals surface area contributed by atoms with Gasteiger partial charge < -0.3 is 15.2 Å². The second kappa shape index (κ2) is 3.40. The van der Waals surface area contributed by atoms with Crippen LogP contribution in [0.5, 0.6) is 11.5 Å². The number of hydrogen-bond acceptors (Lipinski definition) is 3. The lowest BCUT2D eigenvalue weighted by atomic mass is 10.1. The van der Waals surface area contributed by atoms with Gasteiger partial charge in [0.15, 0.2) is 0 Å². The standard InChI is InChI=1S/C11H15NO2/c1-3-13-11-5-8-4-7(2)14-10(8)6-9(11)12/h5-7H,3-4,12H2,1-2H3. The van der Waals surface area contributed by atoms with E-state index in [-0.39, 0.29) is 6.10 Å². The third-order valence-corrected chi connectivity index (χ3v) is 2.33. The van der Waals surface area contributed by atoms with Gasteiger partial charge in [-0.1, -0.05) is 0 Å². The van der Waals surface area contributed by atoms with Crippen molar-refractivity contribution in [3.63, 3.8) is 0 Å². The molecule has 0 saturated heterocycles. The lowest BCUT2D eigenvalue weighted by Gasteiger charge is -2.08. The summed E-state index contributed by atoms with van der Waals surface area (Å²) in [5.74, 6) is 1.67. The van der Waals surface area contributed by atoms with Crippen molar-refractivity contribution < 1.29 is 9.47 Å². The van der Waals surface area contributed by atoms with Gasteiger partial charge in [0.05, 0.1) is 12.3 Å². The minimum atomic E-state index is 0.251. The molecule has 0 fully saturated rings. The lowest BCUT2D eigenvalue weighted by molar-refractivity contribution is 0.254. The van der Waals surface area contributed by atoms with E-state index in [2.05, 4.69) is 6.92 Å². The normalized spacial score (nSPS) is 18.9. The zero-order chi connectivity index (χ0) is 10.1. The molecule has 1 heterocycles. The zero-order valence-electron chi connectivity index (χ0n) is 8.54. The average molecular weight is 193 g/mol. The summed E-state index contributed by atoms with van der Waals surface area (Å²) in [5.41, 5.74) is 7.66. The summed E-state index contributed by atoms with van der Waals surface area (Å²) in [7, 11) is 0. The second-order valence-electron chi connectivity index (χ2n) is 3.56. The Morgan fingerprint density at radius 1 is 1.57 bits per heavy atom. The first-order chi connectivity index (χ1) is 6.70. The first-order valence-electron chi connectivity index (χ1n) is 4.92. The zero-order valence-corrected chi connectivity index (χ0v) is 8.54. The van der Waals surface area contributed by atoms with E-state index < -0.39 is 0 Å². The van der Waals surface area contributed by atoms with Gasteiger partial charge in [0.1, 0.15) is 17.6 Å². The predicted molar refractivity (Wildman–Crippen MR) is 55.8 cm³/mol. The Hall–Kier alpha value is -1.38. The van der Waals surface area contributed by atoms with E-state index in [1.807, 2.05) is 19.1 Å². The lowest BCUT2D eigenvalue weighted by Crippen LogP contribution is -2.05. The topological polar surface area (TPSA) is 44.5 Å². The van der Waals surface area contributed by atoms with E-state index in [1.165, 1.54) is 5.56 Å². The molecular formula is C11H15NO2. The van der Waals surface area contributed by atoms with Crippen LogP contribution in [0.1, 0.15) is 19.4 Å². The van der Waals surface area contributed by atoms with Crippen molar-refractivity contribution in [3.05, 3.63) is 17.7 Å². The van der Waals surface area contributed by atoms with E-state index in [0.717, 1.165) is 17.9 Å². The van der Waals surface area contributed by atoms with E-state index >= 15 is 0 Å². The number of rotatable bonds is 2. The van der Waals surface area contributed by atoms with Crippen LogP contribution in [0.3, 0.4) is 0 Å². The minimum Gasteiger partial charge on any atom is -0.492 e. The van der Waals surface area contributed by atoms with Crippen LogP contribution < -0.4 is 15.2 Å². The Kier molecular flexibility index (Phi) is 2.23. The second-order valence-corrected chi connectivity index (χ2v) is 3.56. The van der Waals surface area contributed by atoms with E-state index in [4.69, 9.17) is 15.2 Å². The van der Waals surface area contributed by atoms with Crippen molar-refractivity contribution in [1.82, 2.24) is 0 Å². The Balaban J connectivity index is 2.35. The van der Waals surface area contributed by atoms with Gasteiger partial charge in [0.2, 0.25) is 0 Å². The van der Waals surface area contributed by atoms with Crippen LogP contribution in [0.15, 0.2) is 12.1 Å². The van der Waals surface area contributed by atoms with Crippen LogP contribution in [0.25, 0.3) is 0 Å². The Bertz CT molecular complexity index is 349. The fraction of sp³-hybridized carbons (Fsp3) is 0.455.